The van der Waals surface area contributed by atoms with E-state index in [-0.39, 0.29) is 0 Å². The molecule has 18 heavy (non-hydrogen) atoms. The van der Waals surface area contributed by atoms with Crippen molar-refractivity contribution in [2.24, 2.45) is 10.8 Å². The summed E-state index contributed by atoms with van der Waals surface area (Å²) in [6, 6.07) is 1.11. The molecular formula is C13H27N5. The number of aliphatic imine (C=N–C) groups is 1. The van der Waals surface area contributed by atoms with Crippen molar-refractivity contribution in [2.75, 3.05) is 27.2 Å². The number of likely N-dealkylation sites (tertiary alicyclic amines) is 1. The number of hydrogen-bond donors (Lipinski definition) is 2. The van der Waals surface area contributed by atoms with Gasteiger partial charge in [0.05, 0.1) is 6.04 Å². The lowest BCUT2D eigenvalue weighted by Crippen LogP contribution is -2.47. The number of hydrogen-bond acceptors (Lipinski definition) is 3. The fourth-order valence-corrected chi connectivity index (χ4v) is 3.06. The van der Waals surface area contributed by atoms with Gasteiger partial charge in [0.15, 0.2) is 0 Å². The highest BCUT2D eigenvalue weighted by atomic mass is 15.4. The van der Waals surface area contributed by atoms with E-state index in [2.05, 4.69) is 29.3 Å². The molecule has 1 aliphatic heterocycles. The SMILES string of the molecule is CN(CC1CCCN1C)C(=NC1CCCC1)NN. The van der Waals surface area contributed by atoms with Crippen LogP contribution in [0.25, 0.3) is 0 Å². The van der Waals surface area contributed by atoms with Crippen LogP contribution in [0.3, 0.4) is 0 Å². The number of guanidine groups is 1. The molecule has 1 unspecified atom stereocenters. The second-order valence-electron chi connectivity index (χ2n) is 5.69. The largest absolute Gasteiger partial charge is 0.343 e. The first kappa shape index (κ1) is 13.6. The van der Waals surface area contributed by atoms with Gasteiger partial charge in [0, 0.05) is 19.6 Å². The summed E-state index contributed by atoms with van der Waals surface area (Å²) >= 11 is 0. The molecule has 0 aromatic heterocycles. The summed E-state index contributed by atoms with van der Waals surface area (Å²) in [6.45, 7) is 2.22. The summed E-state index contributed by atoms with van der Waals surface area (Å²) in [5.74, 6) is 6.47. The predicted octanol–water partition coefficient (Wildman–Crippen LogP) is 0.774. The maximum absolute atomic E-state index is 5.62. The first-order valence-corrected chi connectivity index (χ1v) is 7.16. The minimum atomic E-state index is 0.472. The fraction of sp³-hybridized carbons (Fsp3) is 0.923. The lowest BCUT2D eigenvalue weighted by molar-refractivity contribution is 0.264. The Balaban J connectivity index is 1.89. The zero-order chi connectivity index (χ0) is 13.0. The van der Waals surface area contributed by atoms with Crippen molar-refractivity contribution in [1.29, 1.82) is 0 Å². The van der Waals surface area contributed by atoms with Crippen LogP contribution in [0.2, 0.25) is 0 Å². The molecule has 1 heterocycles. The normalized spacial score (nSPS) is 26.8. The van der Waals surface area contributed by atoms with Gasteiger partial charge in [-0.2, -0.15) is 0 Å². The van der Waals surface area contributed by atoms with Crippen molar-refractivity contribution < 1.29 is 0 Å². The molecule has 0 bridgehead atoms. The summed E-state index contributed by atoms with van der Waals surface area (Å²) in [4.78, 5) is 9.35. The van der Waals surface area contributed by atoms with Gasteiger partial charge in [0.25, 0.3) is 0 Å². The van der Waals surface area contributed by atoms with Gasteiger partial charge in [-0.3, -0.25) is 5.43 Å². The number of likely N-dealkylation sites (N-methyl/N-ethyl adjacent to an activating group) is 2. The van der Waals surface area contributed by atoms with Crippen LogP contribution >= 0.6 is 0 Å². The summed E-state index contributed by atoms with van der Waals surface area (Å²) in [5, 5.41) is 0. The van der Waals surface area contributed by atoms with E-state index in [1.54, 1.807) is 0 Å². The molecule has 1 aliphatic carbocycles. The Bertz CT molecular complexity index is 285. The predicted molar refractivity (Wildman–Crippen MR) is 75.3 cm³/mol. The highest BCUT2D eigenvalue weighted by molar-refractivity contribution is 5.79. The molecule has 2 aliphatic rings. The second-order valence-corrected chi connectivity index (χ2v) is 5.69. The van der Waals surface area contributed by atoms with Gasteiger partial charge in [0.1, 0.15) is 0 Å². The minimum Gasteiger partial charge on any atom is -0.343 e. The molecule has 5 nitrogen and oxygen atoms in total. The standard InChI is InChI=1S/C13H27N5/c1-17-9-5-8-12(17)10-18(2)13(16-14)15-11-6-3-4-7-11/h11-12H,3-10,14H2,1-2H3,(H,15,16). The minimum absolute atomic E-state index is 0.472. The zero-order valence-electron chi connectivity index (χ0n) is 11.7. The van der Waals surface area contributed by atoms with Crippen LogP contribution in [-0.2, 0) is 0 Å². The van der Waals surface area contributed by atoms with Crippen molar-refractivity contribution >= 4 is 5.96 Å². The van der Waals surface area contributed by atoms with Crippen molar-refractivity contribution in [3.8, 4) is 0 Å². The third kappa shape index (κ3) is 3.36. The van der Waals surface area contributed by atoms with E-state index in [9.17, 15) is 0 Å². The topological polar surface area (TPSA) is 56.9 Å². The van der Waals surface area contributed by atoms with Gasteiger partial charge < -0.3 is 9.80 Å². The van der Waals surface area contributed by atoms with Crippen LogP contribution in [0.15, 0.2) is 4.99 Å². The summed E-state index contributed by atoms with van der Waals surface area (Å²) in [5.41, 5.74) is 2.77. The highest BCUT2D eigenvalue weighted by Gasteiger charge is 2.23. The lowest BCUT2D eigenvalue weighted by Gasteiger charge is -2.28. The van der Waals surface area contributed by atoms with Crippen LogP contribution in [0.4, 0.5) is 0 Å². The molecule has 1 saturated heterocycles. The number of rotatable bonds is 3. The zero-order valence-corrected chi connectivity index (χ0v) is 11.7. The quantitative estimate of drug-likeness (QED) is 0.338. The molecule has 104 valence electrons. The smallest absolute Gasteiger partial charge is 0.208 e. The van der Waals surface area contributed by atoms with Gasteiger partial charge in [-0.15, -0.1) is 0 Å². The fourth-order valence-electron chi connectivity index (χ4n) is 3.06. The van der Waals surface area contributed by atoms with E-state index in [1.807, 2.05) is 0 Å². The van der Waals surface area contributed by atoms with Crippen LogP contribution in [0.5, 0.6) is 0 Å². The molecule has 2 rings (SSSR count). The third-order valence-electron chi connectivity index (χ3n) is 4.28. The Morgan fingerprint density at radius 1 is 1.33 bits per heavy atom. The lowest BCUT2D eigenvalue weighted by atomic mass is 10.2. The maximum atomic E-state index is 5.62. The number of nitrogens with two attached hydrogens (primary N) is 1. The van der Waals surface area contributed by atoms with E-state index in [4.69, 9.17) is 10.8 Å². The monoisotopic (exact) mass is 253 g/mol. The van der Waals surface area contributed by atoms with Crippen LogP contribution < -0.4 is 11.3 Å². The number of hydrazine groups is 1. The highest BCUT2D eigenvalue weighted by Crippen LogP contribution is 2.21. The first-order valence-electron chi connectivity index (χ1n) is 7.16. The Morgan fingerprint density at radius 2 is 2.06 bits per heavy atom. The number of nitrogens with zero attached hydrogens (tertiary/aromatic N) is 3. The Kier molecular flexibility index (Phi) is 4.83. The molecule has 1 saturated carbocycles. The van der Waals surface area contributed by atoms with Crippen LogP contribution in [0, 0.1) is 0 Å². The molecule has 0 spiro atoms. The average molecular weight is 253 g/mol. The average Bonchev–Trinajstić information content (AvgIpc) is 2.99. The van der Waals surface area contributed by atoms with E-state index in [0.29, 0.717) is 12.1 Å². The van der Waals surface area contributed by atoms with Gasteiger partial charge >= 0.3 is 0 Å². The third-order valence-corrected chi connectivity index (χ3v) is 4.28. The second kappa shape index (κ2) is 6.38. The van der Waals surface area contributed by atoms with Crippen LogP contribution in [0.1, 0.15) is 38.5 Å². The molecule has 1 atom stereocenters. The molecule has 5 heteroatoms. The maximum Gasteiger partial charge on any atom is 0.208 e. The molecule has 0 radical (unpaired) electrons. The molecule has 3 N–H and O–H groups in total. The number of nitrogens with one attached hydrogen (secondary N) is 1. The molecule has 2 fully saturated rings. The van der Waals surface area contributed by atoms with Crippen LogP contribution in [-0.4, -0.2) is 55.0 Å². The summed E-state index contributed by atoms with van der Waals surface area (Å²) in [6.07, 6.45) is 7.62. The van der Waals surface area contributed by atoms with E-state index in [0.717, 1.165) is 12.5 Å². The van der Waals surface area contributed by atoms with Crippen molar-refractivity contribution in [3.63, 3.8) is 0 Å². The first-order chi connectivity index (χ1) is 8.70. The van der Waals surface area contributed by atoms with E-state index >= 15 is 0 Å². The summed E-state index contributed by atoms with van der Waals surface area (Å²) < 4.78 is 0. The van der Waals surface area contributed by atoms with E-state index in [1.165, 1.54) is 45.1 Å². The Hall–Kier alpha value is -0.810. The molecule has 0 aromatic carbocycles. The Morgan fingerprint density at radius 3 is 2.61 bits per heavy atom. The molecule has 0 amide bonds. The van der Waals surface area contributed by atoms with Crippen molar-refractivity contribution in [3.05, 3.63) is 0 Å². The van der Waals surface area contributed by atoms with Gasteiger partial charge in [-0.1, -0.05) is 12.8 Å². The van der Waals surface area contributed by atoms with Crippen molar-refractivity contribution in [1.82, 2.24) is 15.2 Å². The molecular weight excluding hydrogens is 226 g/mol. The van der Waals surface area contributed by atoms with Crippen molar-refractivity contribution in [2.45, 2.75) is 50.6 Å². The Labute approximate surface area is 110 Å². The van der Waals surface area contributed by atoms with Gasteiger partial charge in [-0.05, 0) is 39.3 Å². The van der Waals surface area contributed by atoms with E-state index < -0.39 is 0 Å². The summed E-state index contributed by atoms with van der Waals surface area (Å²) in [7, 11) is 4.29. The molecule has 0 aromatic rings. The van der Waals surface area contributed by atoms with Gasteiger partial charge in [-0.25, -0.2) is 10.8 Å². The van der Waals surface area contributed by atoms with Gasteiger partial charge in [0.2, 0.25) is 5.96 Å².